The van der Waals surface area contributed by atoms with E-state index in [1.807, 2.05) is 49.4 Å². The number of aryl methyl sites for hydroxylation is 1. The van der Waals surface area contributed by atoms with Crippen LogP contribution in [0.15, 0.2) is 72.8 Å². The third kappa shape index (κ3) is 5.95. The first-order valence-corrected chi connectivity index (χ1v) is 13.7. The van der Waals surface area contributed by atoms with Crippen LogP contribution in [0.25, 0.3) is 6.08 Å². The molecule has 0 spiro atoms. The first-order chi connectivity index (χ1) is 18.4. The number of benzene rings is 3. The van der Waals surface area contributed by atoms with Gasteiger partial charge < -0.3 is 13.8 Å². The molecular weight excluding hydrogens is 531 g/mol. The van der Waals surface area contributed by atoms with Gasteiger partial charge in [0.25, 0.3) is 0 Å². The lowest BCUT2D eigenvalue weighted by molar-refractivity contribution is -0.134. The van der Waals surface area contributed by atoms with Crippen LogP contribution in [0.3, 0.4) is 0 Å². The van der Waals surface area contributed by atoms with E-state index in [0.717, 1.165) is 34.4 Å². The molecule has 3 aromatic carbocycles. The van der Waals surface area contributed by atoms with Crippen molar-refractivity contribution in [1.82, 2.24) is 0 Å². The van der Waals surface area contributed by atoms with E-state index in [1.54, 1.807) is 12.1 Å². The molecule has 0 fully saturated rings. The molecule has 3 aromatic rings. The zero-order chi connectivity index (χ0) is 28.4. The molecule has 0 aromatic heterocycles. The molecule has 206 valence electrons. The Labute approximate surface area is 225 Å². The van der Waals surface area contributed by atoms with E-state index < -0.39 is 21.6 Å². The number of ether oxygens (including phenoxy) is 1. The van der Waals surface area contributed by atoms with E-state index >= 15 is 0 Å². The highest BCUT2D eigenvalue weighted by atomic mass is 32.2. The maximum atomic E-state index is 12.9. The van der Waals surface area contributed by atoms with Gasteiger partial charge in [-0.15, -0.1) is 0 Å². The summed E-state index contributed by atoms with van der Waals surface area (Å²) < 4.78 is 71.0. The summed E-state index contributed by atoms with van der Waals surface area (Å²) in [4.78, 5) is 13.8. The Morgan fingerprint density at radius 2 is 1.77 bits per heavy atom. The number of carbonyl (C=O) groups is 1. The van der Waals surface area contributed by atoms with Gasteiger partial charge in [0.2, 0.25) is 0 Å². The minimum atomic E-state index is -5.79. The Bertz CT molecular complexity index is 1480. The fraction of sp³-hybridized carbons (Fsp3) is 0.276. The number of hydrogen-bond acceptors (Lipinski definition) is 6. The average Bonchev–Trinajstić information content (AvgIpc) is 2.90. The molecule has 0 saturated carbocycles. The van der Waals surface area contributed by atoms with Gasteiger partial charge in [0.05, 0.1) is 13.2 Å². The van der Waals surface area contributed by atoms with Gasteiger partial charge in [-0.3, -0.25) is 0 Å². The number of esters is 1. The van der Waals surface area contributed by atoms with E-state index in [9.17, 15) is 26.4 Å². The van der Waals surface area contributed by atoms with E-state index in [4.69, 9.17) is 0 Å². The molecule has 2 unspecified atom stereocenters. The molecule has 0 aliphatic carbocycles. The second kappa shape index (κ2) is 11.1. The van der Waals surface area contributed by atoms with Gasteiger partial charge in [0.15, 0.2) is 0 Å². The number of para-hydroxylation sites is 1. The Kier molecular flexibility index (Phi) is 8.06. The predicted molar refractivity (Wildman–Crippen MR) is 143 cm³/mol. The highest BCUT2D eigenvalue weighted by molar-refractivity contribution is 7.88. The lowest BCUT2D eigenvalue weighted by Crippen LogP contribution is -2.43. The van der Waals surface area contributed by atoms with E-state index in [1.165, 1.54) is 25.3 Å². The van der Waals surface area contributed by atoms with Gasteiger partial charge in [-0.2, -0.15) is 21.6 Å². The van der Waals surface area contributed by atoms with Crippen LogP contribution >= 0.6 is 0 Å². The minimum absolute atomic E-state index is 0.0800. The summed E-state index contributed by atoms with van der Waals surface area (Å²) in [5.41, 5.74) is -0.112. The second-order valence-corrected chi connectivity index (χ2v) is 10.8. The largest absolute Gasteiger partial charge is 0.534 e. The molecule has 1 aliphatic heterocycles. The summed E-state index contributed by atoms with van der Waals surface area (Å²) in [5.74, 6) is -0.857. The van der Waals surface area contributed by atoms with Gasteiger partial charge in [0, 0.05) is 17.8 Å². The number of fused-ring (bicyclic) bond motifs is 1. The number of hydrogen-bond donors (Lipinski definition) is 0. The fourth-order valence-corrected chi connectivity index (χ4v) is 5.32. The van der Waals surface area contributed by atoms with Crippen LogP contribution in [0, 0.1) is 0 Å². The van der Waals surface area contributed by atoms with Crippen LogP contribution in [-0.2, 0) is 32.5 Å². The molecule has 2 atom stereocenters. The van der Waals surface area contributed by atoms with Crippen molar-refractivity contribution in [2.24, 2.45) is 0 Å². The highest BCUT2D eigenvalue weighted by Gasteiger charge is 2.48. The standard InChI is InChI=1S/C29H28F3NO5S/c1-4-21-7-5-6-8-26(21)33-19(2)17-23-18-24(38-39(35,36)29(30,31)32)14-15-25(23)28(33)22-12-9-20(10-13-22)11-16-27(34)37-3/h5-16,18-19,28H,4,17H2,1-3H3/b16-11+. The van der Waals surface area contributed by atoms with Crippen molar-refractivity contribution in [3.8, 4) is 5.75 Å². The molecule has 0 amide bonds. The van der Waals surface area contributed by atoms with Crippen molar-refractivity contribution < 1.29 is 35.3 Å². The normalized spacial score (nSPS) is 17.6. The van der Waals surface area contributed by atoms with Crippen LogP contribution < -0.4 is 9.08 Å². The van der Waals surface area contributed by atoms with E-state index in [2.05, 4.69) is 26.8 Å². The van der Waals surface area contributed by atoms with Crippen molar-refractivity contribution in [2.75, 3.05) is 12.0 Å². The van der Waals surface area contributed by atoms with Crippen LogP contribution in [0.1, 0.15) is 47.7 Å². The van der Waals surface area contributed by atoms with Crippen molar-refractivity contribution in [3.63, 3.8) is 0 Å². The molecule has 0 N–H and O–H groups in total. The number of nitrogens with zero attached hydrogens (tertiary/aromatic N) is 1. The number of halogens is 3. The summed E-state index contributed by atoms with van der Waals surface area (Å²) in [7, 11) is -4.49. The van der Waals surface area contributed by atoms with Crippen molar-refractivity contribution in [3.05, 3.63) is 101 Å². The molecule has 10 heteroatoms. The Balaban J connectivity index is 1.81. The Morgan fingerprint density at radius 1 is 1.08 bits per heavy atom. The summed E-state index contributed by atoms with van der Waals surface area (Å²) in [6.07, 6.45) is 4.24. The number of anilines is 1. The maximum Gasteiger partial charge on any atom is 0.534 e. The highest BCUT2D eigenvalue weighted by Crippen LogP contribution is 2.43. The second-order valence-electron chi connectivity index (χ2n) is 9.21. The molecule has 0 radical (unpaired) electrons. The van der Waals surface area contributed by atoms with Gasteiger partial charge in [0.1, 0.15) is 5.75 Å². The van der Waals surface area contributed by atoms with Crippen LogP contribution in [0.5, 0.6) is 5.75 Å². The molecule has 6 nitrogen and oxygen atoms in total. The van der Waals surface area contributed by atoms with Gasteiger partial charge in [-0.1, -0.05) is 55.5 Å². The molecule has 0 saturated heterocycles. The van der Waals surface area contributed by atoms with Crippen LogP contribution in [0.4, 0.5) is 18.9 Å². The number of alkyl halides is 3. The number of rotatable bonds is 7. The molecule has 4 rings (SSSR count). The first-order valence-electron chi connectivity index (χ1n) is 12.3. The summed E-state index contributed by atoms with van der Waals surface area (Å²) >= 11 is 0. The topological polar surface area (TPSA) is 72.9 Å². The van der Waals surface area contributed by atoms with Gasteiger partial charge >= 0.3 is 21.6 Å². The molecule has 39 heavy (non-hydrogen) atoms. The third-order valence-electron chi connectivity index (χ3n) is 6.68. The van der Waals surface area contributed by atoms with E-state index in [-0.39, 0.29) is 17.8 Å². The third-order valence-corrected chi connectivity index (χ3v) is 7.66. The van der Waals surface area contributed by atoms with Crippen molar-refractivity contribution >= 4 is 27.9 Å². The zero-order valence-electron chi connectivity index (χ0n) is 21.6. The lowest BCUT2D eigenvalue weighted by atomic mass is 9.84. The molecular formula is C29H28F3NO5S. The van der Waals surface area contributed by atoms with Crippen LogP contribution in [0.2, 0.25) is 0 Å². The number of methoxy groups -OCH3 is 1. The minimum Gasteiger partial charge on any atom is -0.466 e. The zero-order valence-corrected chi connectivity index (χ0v) is 22.4. The summed E-state index contributed by atoms with van der Waals surface area (Å²) in [6, 6.07) is 19.5. The Hall–Kier alpha value is -3.79. The van der Waals surface area contributed by atoms with Crippen LogP contribution in [-0.4, -0.2) is 33.0 Å². The van der Waals surface area contributed by atoms with Gasteiger partial charge in [-0.05, 0) is 71.9 Å². The summed E-state index contributed by atoms with van der Waals surface area (Å²) in [6.45, 7) is 4.10. The molecule has 1 heterocycles. The SMILES string of the molecule is CCc1ccccc1N1C(C)Cc2cc(OS(=O)(=O)C(F)(F)F)ccc2C1c1ccc(/C=C/C(=O)OC)cc1. The Morgan fingerprint density at radius 3 is 2.41 bits per heavy atom. The lowest BCUT2D eigenvalue weighted by Gasteiger charge is -2.45. The number of carbonyl (C=O) groups excluding carboxylic acids is 1. The predicted octanol–water partition coefficient (Wildman–Crippen LogP) is 6.20. The van der Waals surface area contributed by atoms with E-state index in [0.29, 0.717) is 12.0 Å². The first kappa shape index (κ1) is 28.2. The maximum absolute atomic E-state index is 12.9. The smallest absolute Gasteiger partial charge is 0.466 e. The molecule has 1 aliphatic rings. The monoisotopic (exact) mass is 559 g/mol. The van der Waals surface area contributed by atoms with Gasteiger partial charge in [-0.25, -0.2) is 4.79 Å². The van der Waals surface area contributed by atoms with Crippen molar-refractivity contribution in [2.45, 2.75) is 44.3 Å². The quantitative estimate of drug-likeness (QED) is 0.149. The molecule has 0 bridgehead atoms. The summed E-state index contributed by atoms with van der Waals surface area (Å²) in [5, 5.41) is 0. The van der Waals surface area contributed by atoms with Crippen molar-refractivity contribution in [1.29, 1.82) is 0 Å². The fourth-order valence-electron chi connectivity index (χ4n) is 4.87. The average molecular weight is 560 g/mol.